The van der Waals surface area contributed by atoms with Gasteiger partial charge in [0.05, 0.1) is 5.00 Å². The molecule has 1 heterocycles. The van der Waals surface area contributed by atoms with E-state index in [0.29, 0.717) is 0 Å². The molecule has 0 fully saturated rings. The van der Waals surface area contributed by atoms with Gasteiger partial charge in [-0.05, 0) is 23.8 Å². The second-order valence-electron chi connectivity index (χ2n) is 4.68. The quantitative estimate of drug-likeness (QED) is 0.648. The number of rotatable bonds is 2. The Bertz CT molecular complexity index is 716. The Balaban J connectivity index is 2.35. The number of fused-ring (bicyclic) bond motifs is 1. The van der Waals surface area contributed by atoms with E-state index in [1.165, 1.54) is 17.2 Å². The smallest absolute Gasteiger partial charge is 0.124 e. The molecular weight excluding hydrogens is 257 g/mol. The molecule has 0 unspecified atom stereocenters. The first-order valence-corrected chi connectivity index (χ1v) is 6.93. The van der Waals surface area contributed by atoms with Gasteiger partial charge in [-0.15, -0.1) is 11.3 Å². The van der Waals surface area contributed by atoms with Crippen molar-refractivity contribution in [3.8, 4) is 11.1 Å². The molecule has 1 aromatic heterocycles. The van der Waals surface area contributed by atoms with E-state index in [0.717, 1.165) is 15.1 Å². The summed E-state index contributed by atoms with van der Waals surface area (Å²) in [5.74, 6) is -0.182. The zero-order chi connectivity index (χ0) is 13.4. The van der Waals surface area contributed by atoms with Gasteiger partial charge in [-0.25, -0.2) is 4.39 Å². The van der Waals surface area contributed by atoms with E-state index in [1.807, 2.05) is 38.4 Å². The van der Waals surface area contributed by atoms with Crippen molar-refractivity contribution in [1.29, 1.82) is 0 Å². The maximum absolute atomic E-state index is 13.4. The predicted octanol–water partition coefficient (Wildman–Crippen LogP) is 4.77. The molecule has 2 aromatic carbocycles. The Morgan fingerprint density at radius 2 is 1.74 bits per heavy atom. The summed E-state index contributed by atoms with van der Waals surface area (Å²) in [5, 5.41) is 2.27. The van der Waals surface area contributed by atoms with Crippen LogP contribution in [0.15, 0.2) is 48.5 Å². The standard InChI is InChI=1S/C16H14FNS/c1-18(2)16-15(11-6-4-3-5-7-11)13-9-8-12(17)10-14(13)19-16/h3-10H,1-2H3. The number of halogens is 1. The Kier molecular flexibility index (Phi) is 2.99. The van der Waals surface area contributed by atoms with Gasteiger partial charge in [-0.2, -0.15) is 0 Å². The lowest BCUT2D eigenvalue weighted by molar-refractivity contribution is 0.630. The first-order chi connectivity index (χ1) is 9.16. The Morgan fingerprint density at radius 1 is 1.00 bits per heavy atom. The fourth-order valence-corrected chi connectivity index (χ4v) is 3.43. The lowest BCUT2D eigenvalue weighted by Crippen LogP contribution is -2.07. The molecule has 0 saturated heterocycles. The molecule has 3 heteroatoms. The maximum atomic E-state index is 13.4. The fourth-order valence-electron chi connectivity index (χ4n) is 2.26. The van der Waals surface area contributed by atoms with Gasteiger partial charge in [-0.1, -0.05) is 30.3 Å². The number of hydrogen-bond acceptors (Lipinski definition) is 2. The third kappa shape index (κ3) is 2.10. The van der Waals surface area contributed by atoms with E-state index in [9.17, 15) is 4.39 Å². The van der Waals surface area contributed by atoms with E-state index in [-0.39, 0.29) is 5.82 Å². The topological polar surface area (TPSA) is 3.24 Å². The van der Waals surface area contributed by atoms with Crippen LogP contribution in [0.3, 0.4) is 0 Å². The van der Waals surface area contributed by atoms with Gasteiger partial charge in [0.2, 0.25) is 0 Å². The number of hydrogen-bond donors (Lipinski definition) is 0. The molecule has 0 radical (unpaired) electrons. The highest BCUT2D eigenvalue weighted by Crippen LogP contribution is 2.44. The Labute approximate surface area is 115 Å². The second kappa shape index (κ2) is 4.67. The molecule has 0 aliphatic rings. The van der Waals surface area contributed by atoms with Gasteiger partial charge in [0.25, 0.3) is 0 Å². The summed E-state index contributed by atoms with van der Waals surface area (Å²) in [6.07, 6.45) is 0. The van der Waals surface area contributed by atoms with Crippen LogP contribution in [0.5, 0.6) is 0 Å². The second-order valence-corrected chi connectivity index (χ2v) is 5.71. The molecule has 0 saturated carbocycles. The predicted molar refractivity (Wildman–Crippen MR) is 81.5 cm³/mol. The number of thiophene rings is 1. The summed E-state index contributed by atoms with van der Waals surface area (Å²) in [4.78, 5) is 2.09. The average Bonchev–Trinajstić information content (AvgIpc) is 2.78. The van der Waals surface area contributed by atoms with Crippen molar-refractivity contribution >= 4 is 26.4 Å². The van der Waals surface area contributed by atoms with Gasteiger partial charge in [0.15, 0.2) is 0 Å². The van der Waals surface area contributed by atoms with E-state index >= 15 is 0 Å². The summed E-state index contributed by atoms with van der Waals surface area (Å²) in [6, 6.07) is 15.3. The van der Waals surface area contributed by atoms with Crippen molar-refractivity contribution in [1.82, 2.24) is 0 Å². The van der Waals surface area contributed by atoms with Gasteiger partial charge in [-0.3, -0.25) is 0 Å². The van der Waals surface area contributed by atoms with Crippen molar-refractivity contribution in [3.05, 3.63) is 54.3 Å². The Hall–Kier alpha value is -1.87. The van der Waals surface area contributed by atoms with Gasteiger partial charge in [0.1, 0.15) is 5.82 Å². The van der Waals surface area contributed by atoms with E-state index in [2.05, 4.69) is 17.0 Å². The molecule has 3 aromatic rings. The summed E-state index contributed by atoms with van der Waals surface area (Å²) >= 11 is 1.63. The third-order valence-corrected chi connectivity index (χ3v) is 4.42. The molecule has 0 spiro atoms. The lowest BCUT2D eigenvalue weighted by atomic mass is 10.0. The van der Waals surface area contributed by atoms with Crippen molar-refractivity contribution in [3.63, 3.8) is 0 Å². The monoisotopic (exact) mass is 271 g/mol. The van der Waals surface area contributed by atoms with Gasteiger partial charge < -0.3 is 4.90 Å². The minimum Gasteiger partial charge on any atom is -0.369 e. The van der Waals surface area contributed by atoms with Crippen LogP contribution in [0.1, 0.15) is 0 Å². The van der Waals surface area contributed by atoms with Crippen LogP contribution in [0.4, 0.5) is 9.39 Å². The molecule has 0 atom stereocenters. The van der Waals surface area contributed by atoms with Crippen molar-refractivity contribution < 1.29 is 4.39 Å². The van der Waals surface area contributed by atoms with Crippen LogP contribution in [-0.2, 0) is 0 Å². The van der Waals surface area contributed by atoms with Crippen LogP contribution >= 0.6 is 11.3 Å². The third-order valence-electron chi connectivity index (χ3n) is 3.10. The lowest BCUT2D eigenvalue weighted by Gasteiger charge is -2.13. The molecule has 0 N–H and O–H groups in total. The van der Waals surface area contributed by atoms with Crippen molar-refractivity contribution in [2.24, 2.45) is 0 Å². The van der Waals surface area contributed by atoms with Crippen LogP contribution < -0.4 is 4.90 Å². The molecular formula is C16H14FNS. The molecule has 1 nitrogen and oxygen atoms in total. The zero-order valence-electron chi connectivity index (χ0n) is 10.9. The number of anilines is 1. The highest BCUT2D eigenvalue weighted by atomic mass is 32.1. The highest BCUT2D eigenvalue weighted by Gasteiger charge is 2.15. The molecule has 0 bridgehead atoms. The summed E-state index contributed by atoms with van der Waals surface area (Å²) < 4.78 is 14.4. The van der Waals surface area contributed by atoms with Crippen LogP contribution in [-0.4, -0.2) is 14.1 Å². The van der Waals surface area contributed by atoms with Gasteiger partial charge >= 0.3 is 0 Å². The average molecular weight is 271 g/mol. The molecule has 96 valence electrons. The first kappa shape index (κ1) is 12.2. The Morgan fingerprint density at radius 3 is 2.42 bits per heavy atom. The van der Waals surface area contributed by atoms with E-state index < -0.39 is 0 Å². The SMILES string of the molecule is CN(C)c1sc2cc(F)ccc2c1-c1ccccc1. The fraction of sp³-hybridized carbons (Fsp3) is 0.125. The van der Waals surface area contributed by atoms with Crippen molar-refractivity contribution in [2.75, 3.05) is 19.0 Å². The number of nitrogens with zero attached hydrogens (tertiary/aromatic N) is 1. The summed E-state index contributed by atoms with van der Waals surface area (Å²) in [7, 11) is 4.04. The zero-order valence-corrected chi connectivity index (χ0v) is 11.7. The first-order valence-electron chi connectivity index (χ1n) is 6.11. The highest BCUT2D eigenvalue weighted by molar-refractivity contribution is 7.23. The number of benzene rings is 2. The van der Waals surface area contributed by atoms with Crippen molar-refractivity contribution in [2.45, 2.75) is 0 Å². The van der Waals surface area contributed by atoms with Crippen LogP contribution in [0, 0.1) is 5.82 Å². The minimum absolute atomic E-state index is 0.182. The van der Waals surface area contributed by atoms with Gasteiger partial charge in [0, 0.05) is 29.7 Å². The maximum Gasteiger partial charge on any atom is 0.124 e. The normalized spacial score (nSPS) is 10.9. The van der Waals surface area contributed by atoms with Crippen LogP contribution in [0.2, 0.25) is 0 Å². The molecule has 0 amide bonds. The molecule has 3 rings (SSSR count). The molecule has 0 aliphatic carbocycles. The minimum atomic E-state index is -0.182. The largest absolute Gasteiger partial charge is 0.369 e. The van der Waals surface area contributed by atoms with E-state index in [4.69, 9.17) is 0 Å². The van der Waals surface area contributed by atoms with Crippen LogP contribution in [0.25, 0.3) is 21.2 Å². The molecule has 19 heavy (non-hydrogen) atoms. The van der Waals surface area contributed by atoms with E-state index in [1.54, 1.807) is 17.4 Å². The molecule has 0 aliphatic heterocycles. The summed E-state index contributed by atoms with van der Waals surface area (Å²) in [5.41, 5.74) is 2.36. The summed E-state index contributed by atoms with van der Waals surface area (Å²) in [6.45, 7) is 0.